The molecular weight excluding hydrogens is 326 g/mol. The van der Waals surface area contributed by atoms with Gasteiger partial charge in [-0.1, -0.05) is 12.1 Å². The number of morpholine rings is 1. The fraction of sp³-hybridized carbons (Fsp3) is 0.412. The topological polar surface area (TPSA) is 54.9 Å². The molecule has 128 valence electrons. The summed E-state index contributed by atoms with van der Waals surface area (Å²) < 4.78 is 10.8. The molecule has 6 nitrogen and oxygen atoms in total. The van der Waals surface area contributed by atoms with Crippen LogP contribution < -0.4 is 9.64 Å². The number of ether oxygens (including phenoxy) is 2. The molecule has 0 saturated carbocycles. The predicted octanol–water partition coefficient (Wildman–Crippen LogP) is 2.67. The number of rotatable bonds is 5. The van der Waals surface area contributed by atoms with E-state index >= 15 is 0 Å². The molecule has 1 fully saturated rings. The number of nitrogens with zero attached hydrogens (tertiary/aromatic N) is 3. The maximum Gasteiger partial charge on any atom is 0.230 e. The van der Waals surface area contributed by atoms with Crippen molar-refractivity contribution in [3.63, 3.8) is 0 Å². The van der Waals surface area contributed by atoms with Gasteiger partial charge in [-0.25, -0.2) is 4.98 Å². The third-order valence-electron chi connectivity index (χ3n) is 3.86. The van der Waals surface area contributed by atoms with Gasteiger partial charge in [0.25, 0.3) is 0 Å². The number of carbonyl (C=O) groups is 1. The van der Waals surface area contributed by atoms with E-state index in [-0.39, 0.29) is 5.91 Å². The Balaban J connectivity index is 1.83. The number of amides is 1. The van der Waals surface area contributed by atoms with Crippen molar-refractivity contribution in [2.75, 3.05) is 38.3 Å². The van der Waals surface area contributed by atoms with E-state index in [1.807, 2.05) is 29.6 Å². The second-order valence-corrected chi connectivity index (χ2v) is 6.37. The molecule has 7 heteroatoms. The number of para-hydroxylation sites is 2. The Labute approximate surface area is 145 Å². The van der Waals surface area contributed by atoms with Crippen molar-refractivity contribution in [3.05, 3.63) is 35.3 Å². The summed E-state index contributed by atoms with van der Waals surface area (Å²) in [5.74, 6) is 0.560. The first-order chi connectivity index (χ1) is 11.7. The van der Waals surface area contributed by atoms with E-state index in [2.05, 4.69) is 9.88 Å². The Morgan fingerprint density at radius 3 is 2.83 bits per heavy atom. The highest BCUT2D eigenvalue weighted by Crippen LogP contribution is 2.35. The smallest absolute Gasteiger partial charge is 0.230 e. The summed E-state index contributed by atoms with van der Waals surface area (Å²) in [6.07, 6.45) is 0. The molecule has 0 N–H and O–H groups in total. The first-order valence-corrected chi connectivity index (χ1v) is 8.75. The Hall–Kier alpha value is -1.96. The Morgan fingerprint density at radius 2 is 2.12 bits per heavy atom. The van der Waals surface area contributed by atoms with E-state index in [0.29, 0.717) is 16.6 Å². The van der Waals surface area contributed by atoms with E-state index in [1.54, 1.807) is 12.0 Å². The van der Waals surface area contributed by atoms with Crippen molar-refractivity contribution in [2.45, 2.75) is 13.5 Å². The number of thiazole rings is 1. The van der Waals surface area contributed by atoms with Crippen LogP contribution in [0.2, 0.25) is 0 Å². The predicted molar refractivity (Wildman–Crippen MR) is 94.0 cm³/mol. The first-order valence-electron chi connectivity index (χ1n) is 7.87. The second-order valence-electron chi connectivity index (χ2n) is 5.54. The third kappa shape index (κ3) is 3.75. The monoisotopic (exact) mass is 347 g/mol. The largest absolute Gasteiger partial charge is 0.495 e. The maximum atomic E-state index is 12.2. The molecule has 1 aliphatic rings. The van der Waals surface area contributed by atoms with Crippen LogP contribution in [0.5, 0.6) is 5.75 Å². The molecule has 2 heterocycles. The highest BCUT2D eigenvalue weighted by molar-refractivity contribution is 7.14. The fourth-order valence-electron chi connectivity index (χ4n) is 2.68. The molecule has 1 amide bonds. The van der Waals surface area contributed by atoms with E-state index in [4.69, 9.17) is 9.47 Å². The Bertz CT molecular complexity index is 698. The minimum absolute atomic E-state index is 0.0910. The molecule has 3 rings (SSSR count). The maximum absolute atomic E-state index is 12.2. The molecule has 0 radical (unpaired) electrons. The molecule has 0 unspecified atom stereocenters. The number of anilines is 2. The summed E-state index contributed by atoms with van der Waals surface area (Å²) in [6, 6.07) is 7.47. The van der Waals surface area contributed by atoms with E-state index < -0.39 is 0 Å². The number of hydrogen-bond acceptors (Lipinski definition) is 6. The SMILES string of the molecule is COc1ccccc1N(C(C)=O)c1nc(CN2CCOCC2)cs1. The Morgan fingerprint density at radius 1 is 1.38 bits per heavy atom. The van der Waals surface area contributed by atoms with Crippen LogP contribution in [-0.2, 0) is 16.1 Å². The molecule has 1 saturated heterocycles. The zero-order chi connectivity index (χ0) is 16.9. The van der Waals surface area contributed by atoms with Gasteiger partial charge in [-0.05, 0) is 12.1 Å². The summed E-state index contributed by atoms with van der Waals surface area (Å²) in [5.41, 5.74) is 1.68. The van der Waals surface area contributed by atoms with Crippen molar-refractivity contribution < 1.29 is 14.3 Å². The zero-order valence-electron chi connectivity index (χ0n) is 13.9. The first kappa shape index (κ1) is 16.9. The second kappa shape index (κ2) is 7.74. The van der Waals surface area contributed by atoms with Gasteiger partial charge in [0.05, 0.1) is 31.7 Å². The summed E-state index contributed by atoms with van der Waals surface area (Å²) in [6.45, 7) is 5.66. The molecule has 0 aliphatic carbocycles. The lowest BCUT2D eigenvalue weighted by atomic mass is 10.2. The summed E-state index contributed by atoms with van der Waals surface area (Å²) in [4.78, 5) is 20.8. The molecule has 1 aromatic heterocycles. The van der Waals surface area contributed by atoms with Crippen LogP contribution in [0.1, 0.15) is 12.6 Å². The highest BCUT2D eigenvalue weighted by atomic mass is 32.1. The Kier molecular flexibility index (Phi) is 5.44. The van der Waals surface area contributed by atoms with Gasteiger partial charge in [0.1, 0.15) is 5.75 Å². The molecule has 1 aromatic carbocycles. The molecule has 2 aromatic rings. The quantitative estimate of drug-likeness (QED) is 0.832. The van der Waals surface area contributed by atoms with Crippen molar-refractivity contribution in [1.29, 1.82) is 0 Å². The van der Waals surface area contributed by atoms with E-state index in [1.165, 1.54) is 18.3 Å². The van der Waals surface area contributed by atoms with Crippen molar-refractivity contribution >= 4 is 28.1 Å². The standard InChI is InChI=1S/C17H21N3O3S/c1-13(21)20(15-5-3-4-6-16(15)22-2)17-18-14(12-24-17)11-19-7-9-23-10-8-19/h3-6,12H,7-11H2,1-2H3. The summed E-state index contributed by atoms with van der Waals surface area (Å²) in [5, 5.41) is 2.67. The lowest BCUT2D eigenvalue weighted by Crippen LogP contribution is -2.35. The third-order valence-corrected chi connectivity index (χ3v) is 4.74. The van der Waals surface area contributed by atoms with Crippen molar-refractivity contribution in [1.82, 2.24) is 9.88 Å². The van der Waals surface area contributed by atoms with Gasteiger partial charge < -0.3 is 9.47 Å². The minimum atomic E-state index is -0.0910. The lowest BCUT2D eigenvalue weighted by molar-refractivity contribution is -0.115. The van der Waals surface area contributed by atoms with Gasteiger partial charge in [0, 0.05) is 31.9 Å². The average Bonchev–Trinajstić information content (AvgIpc) is 3.04. The summed E-state index contributed by atoms with van der Waals surface area (Å²) in [7, 11) is 1.60. The van der Waals surface area contributed by atoms with Crippen LogP contribution in [-0.4, -0.2) is 49.2 Å². The van der Waals surface area contributed by atoms with Crippen LogP contribution in [0.15, 0.2) is 29.6 Å². The van der Waals surface area contributed by atoms with Crippen LogP contribution in [0.25, 0.3) is 0 Å². The number of benzene rings is 1. The van der Waals surface area contributed by atoms with Gasteiger partial charge in [-0.3, -0.25) is 14.6 Å². The van der Waals surface area contributed by atoms with Crippen LogP contribution >= 0.6 is 11.3 Å². The molecule has 0 bridgehead atoms. The molecular formula is C17H21N3O3S. The number of carbonyl (C=O) groups excluding carboxylic acids is 1. The van der Waals surface area contributed by atoms with Crippen molar-refractivity contribution in [2.24, 2.45) is 0 Å². The van der Waals surface area contributed by atoms with Gasteiger partial charge in [-0.15, -0.1) is 11.3 Å². The molecule has 1 aliphatic heterocycles. The van der Waals surface area contributed by atoms with Crippen LogP contribution in [0.4, 0.5) is 10.8 Å². The molecule has 24 heavy (non-hydrogen) atoms. The van der Waals surface area contributed by atoms with Gasteiger partial charge in [0.15, 0.2) is 5.13 Å². The lowest BCUT2D eigenvalue weighted by Gasteiger charge is -2.25. The zero-order valence-corrected chi connectivity index (χ0v) is 14.7. The van der Waals surface area contributed by atoms with Gasteiger partial charge in [0.2, 0.25) is 5.91 Å². The van der Waals surface area contributed by atoms with Crippen LogP contribution in [0, 0.1) is 0 Å². The number of aromatic nitrogens is 1. The van der Waals surface area contributed by atoms with Crippen molar-refractivity contribution in [3.8, 4) is 5.75 Å². The summed E-state index contributed by atoms with van der Waals surface area (Å²) >= 11 is 1.47. The van der Waals surface area contributed by atoms with Gasteiger partial charge in [-0.2, -0.15) is 0 Å². The average molecular weight is 347 g/mol. The highest BCUT2D eigenvalue weighted by Gasteiger charge is 2.22. The number of hydrogen-bond donors (Lipinski definition) is 0. The van der Waals surface area contributed by atoms with E-state index in [9.17, 15) is 4.79 Å². The minimum Gasteiger partial charge on any atom is -0.495 e. The van der Waals surface area contributed by atoms with Crippen LogP contribution in [0.3, 0.4) is 0 Å². The normalized spacial score (nSPS) is 15.2. The van der Waals surface area contributed by atoms with E-state index in [0.717, 1.165) is 38.5 Å². The van der Waals surface area contributed by atoms with Gasteiger partial charge >= 0.3 is 0 Å². The molecule has 0 spiro atoms. The molecule has 0 atom stereocenters. The fourth-order valence-corrected chi connectivity index (χ4v) is 3.55. The number of methoxy groups -OCH3 is 1.